The highest BCUT2D eigenvalue weighted by Crippen LogP contribution is 2.32. The van der Waals surface area contributed by atoms with Crippen molar-refractivity contribution in [2.45, 2.75) is 12.7 Å². The fourth-order valence-corrected chi connectivity index (χ4v) is 1.92. The normalized spacial score (nSPS) is 11.5. The molecule has 2 rings (SSSR count). The number of halogens is 5. The first kappa shape index (κ1) is 15.4. The standard InChI is InChI=1S/C14H10ClF4NO/c15-10-2-4-13(21)8(5-10)7-20-12-6-9(14(17,18)19)1-3-11(12)16/h1-6,20-21H,7H2. The van der Waals surface area contributed by atoms with Gasteiger partial charge in [-0.1, -0.05) is 11.6 Å². The van der Waals surface area contributed by atoms with Crippen molar-refractivity contribution >= 4 is 17.3 Å². The van der Waals surface area contributed by atoms with Gasteiger partial charge in [0.1, 0.15) is 11.6 Å². The van der Waals surface area contributed by atoms with E-state index in [0.717, 1.165) is 6.07 Å². The number of phenols is 1. The van der Waals surface area contributed by atoms with Crippen molar-refractivity contribution in [3.05, 3.63) is 58.4 Å². The monoisotopic (exact) mass is 319 g/mol. The zero-order chi connectivity index (χ0) is 15.6. The van der Waals surface area contributed by atoms with Crippen LogP contribution in [0.3, 0.4) is 0 Å². The van der Waals surface area contributed by atoms with Gasteiger partial charge >= 0.3 is 6.18 Å². The molecular formula is C14H10ClF4NO. The highest BCUT2D eigenvalue weighted by molar-refractivity contribution is 6.30. The molecule has 0 unspecified atom stereocenters. The van der Waals surface area contributed by atoms with E-state index < -0.39 is 17.6 Å². The third-order valence-electron chi connectivity index (χ3n) is 2.80. The van der Waals surface area contributed by atoms with E-state index in [1.54, 1.807) is 0 Å². The molecule has 2 N–H and O–H groups in total. The second-order valence-corrected chi connectivity index (χ2v) is 4.76. The van der Waals surface area contributed by atoms with Gasteiger partial charge in [-0.2, -0.15) is 13.2 Å². The number of benzene rings is 2. The summed E-state index contributed by atoms with van der Waals surface area (Å²) in [6.07, 6.45) is -4.55. The van der Waals surface area contributed by atoms with E-state index in [1.165, 1.54) is 18.2 Å². The largest absolute Gasteiger partial charge is 0.508 e. The third-order valence-corrected chi connectivity index (χ3v) is 3.04. The molecule has 2 nitrogen and oxygen atoms in total. The number of nitrogens with one attached hydrogen (secondary N) is 1. The van der Waals surface area contributed by atoms with Crippen LogP contribution in [0.4, 0.5) is 23.2 Å². The molecule has 0 aliphatic carbocycles. The van der Waals surface area contributed by atoms with Gasteiger partial charge in [0.2, 0.25) is 0 Å². The fourth-order valence-electron chi connectivity index (χ4n) is 1.72. The molecule has 21 heavy (non-hydrogen) atoms. The van der Waals surface area contributed by atoms with Crippen LogP contribution in [0.15, 0.2) is 36.4 Å². The molecule has 0 atom stereocenters. The summed E-state index contributed by atoms with van der Waals surface area (Å²) >= 11 is 5.75. The van der Waals surface area contributed by atoms with Crippen LogP contribution in [-0.2, 0) is 12.7 Å². The summed E-state index contributed by atoms with van der Waals surface area (Å²) in [5.41, 5.74) is -0.912. The van der Waals surface area contributed by atoms with E-state index in [4.69, 9.17) is 11.6 Å². The summed E-state index contributed by atoms with van der Waals surface area (Å²) in [7, 11) is 0. The van der Waals surface area contributed by atoms with Gasteiger partial charge in [-0.05, 0) is 36.4 Å². The average Bonchev–Trinajstić information content (AvgIpc) is 2.40. The Kier molecular flexibility index (Phi) is 4.27. The molecule has 0 bridgehead atoms. The lowest BCUT2D eigenvalue weighted by Crippen LogP contribution is -2.08. The van der Waals surface area contributed by atoms with E-state index in [0.29, 0.717) is 22.7 Å². The maximum absolute atomic E-state index is 13.5. The van der Waals surface area contributed by atoms with Crippen LogP contribution in [0.2, 0.25) is 5.02 Å². The second-order valence-electron chi connectivity index (χ2n) is 4.32. The first-order valence-electron chi connectivity index (χ1n) is 5.85. The quantitative estimate of drug-likeness (QED) is 0.795. The van der Waals surface area contributed by atoms with E-state index in [2.05, 4.69) is 5.32 Å². The SMILES string of the molecule is Oc1ccc(Cl)cc1CNc1cc(C(F)(F)F)ccc1F. The zero-order valence-electron chi connectivity index (χ0n) is 10.5. The molecule has 0 aliphatic heterocycles. The Morgan fingerprint density at radius 1 is 1.10 bits per heavy atom. The number of aromatic hydroxyl groups is 1. The van der Waals surface area contributed by atoms with E-state index in [9.17, 15) is 22.7 Å². The lowest BCUT2D eigenvalue weighted by atomic mass is 10.1. The third kappa shape index (κ3) is 3.78. The first-order chi connectivity index (χ1) is 9.77. The molecule has 0 amide bonds. The fraction of sp³-hybridized carbons (Fsp3) is 0.143. The molecule has 0 radical (unpaired) electrons. The molecule has 0 aromatic heterocycles. The Morgan fingerprint density at radius 3 is 2.48 bits per heavy atom. The predicted octanol–water partition coefficient (Wildman–Crippen LogP) is 4.82. The van der Waals surface area contributed by atoms with Gasteiger partial charge < -0.3 is 10.4 Å². The van der Waals surface area contributed by atoms with Crippen LogP contribution in [-0.4, -0.2) is 5.11 Å². The number of rotatable bonds is 3. The highest BCUT2D eigenvalue weighted by Gasteiger charge is 2.31. The summed E-state index contributed by atoms with van der Waals surface area (Å²) in [5, 5.41) is 12.5. The van der Waals surface area contributed by atoms with Crippen LogP contribution in [0.5, 0.6) is 5.75 Å². The van der Waals surface area contributed by atoms with Crippen molar-refractivity contribution in [2.24, 2.45) is 0 Å². The van der Waals surface area contributed by atoms with Gasteiger partial charge in [0, 0.05) is 17.1 Å². The molecule has 112 valence electrons. The minimum Gasteiger partial charge on any atom is -0.508 e. The van der Waals surface area contributed by atoms with E-state index in [1.807, 2.05) is 0 Å². The second kappa shape index (κ2) is 5.81. The van der Waals surface area contributed by atoms with Crippen LogP contribution >= 0.6 is 11.6 Å². The number of hydrogen-bond donors (Lipinski definition) is 2. The summed E-state index contributed by atoms with van der Waals surface area (Å²) in [6, 6.07) is 6.33. The van der Waals surface area contributed by atoms with Gasteiger partial charge in [-0.25, -0.2) is 4.39 Å². The van der Waals surface area contributed by atoms with Crippen LogP contribution in [0.25, 0.3) is 0 Å². The van der Waals surface area contributed by atoms with E-state index >= 15 is 0 Å². The molecule has 0 saturated carbocycles. The molecule has 0 heterocycles. The average molecular weight is 320 g/mol. The van der Waals surface area contributed by atoms with Crippen molar-refractivity contribution < 1.29 is 22.7 Å². The Labute approximate surface area is 123 Å². The van der Waals surface area contributed by atoms with Gasteiger partial charge in [0.05, 0.1) is 11.3 Å². The number of alkyl halides is 3. The molecular weight excluding hydrogens is 310 g/mol. The predicted molar refractivity (Wildman–Crippen MR) is 71.8 cm³/mol. The van der Waals surface area contributed by atoms with Crippen LogP contribution < -0.4 is 5.32 Å². The molecule has 0 fully saturated rings. The summed E-state index contributed by atoms with van der Waals surface area (Å²) in [4.78, 5) is 0. The van der Waals surface area contributed by atoms with E-state index in [-0.39, 0.29) is 18.0 Å². The lowest BCUT2D eigenvalue weighted by Gasteiger charge is -2.12. The number of hydrogen-bond acceptors (Lipinski definition) is 2. The van der Waals surface area contributed by atoms with Gasteiger partial charge in [0.25, 0.3) is 0 Å². The maximum Gasteiger partial charge on any atom is 0.416 e. The van der Waals surface area contributed by atoms with Gasteiger partial charge in [-0.15, -0.1) is 0 Å². The summed E-state index contributed by atoms with van der Waals surface area (Å²) in [5.74, 6) is -0.899. The van der Waals surface area contributed by atoms with Crippen molar-refractivity contribution in [2.75, 3.05) is 5.32 Å². The van der Waals surface area contributed by atoms with Gasteiger partial charge in [0.15, 0.2) is 0 Å². The minimum atomic E-state index is -4.55. The van der Waals surface area contributed by atoms with Gasteiger partial charge in [-0.3, -0.25) is 0 Å². The Morgan fingerprint density at radius 2 is 1.81 bits per heavy atom. The van der Waals surface area contributed by atoms with Crippen molar-refractivity contribution in [1.29, 1.82) is 0 Å². The summed E-state index contributed by atoms with van der Waals surface area (Å²) in [6.45, 7) is -0.0649. The molecule has 0 saturated heterocycles. The topological polar surface area (TPSA) is 32.3 Å². The Hall–Kier alpha value is -1.95. The molecule has 0 aliphatic rings. The minimum absolute atomic E-state index is 0.0649. The molecule has 2 aromatic carbocycles. The van der Waals surface area contributed by atoms with Crippen LogP contribution in [0, 0.1) is 5.82 Å². The van der Waals surface area contributed by atoms with Crippen molar-refractivity contribution in [1.82, 2.24) is 0 Å². The smallest absolute Gasteiger partial charge is 0.416 e. The number of phenolic OH excluding ortho intramolecular Hbond substituents is 1. The molecule has 2 aromatic rings. The van der Waals surface area contributed by atoms with Crippen molar-refractivity contribution in [3.8, 4) is 5.75 Å². The summed E-state index contributed by atoms with van der Waals surface area (Å²) < 4.78 is 51.2. The van der Waals surface area contributed by atoms with Crippen molar-refractivity contribution in [3.63, 3.8) is 0 Å². The molecule has 7 heteroatoms. The highest BCUT2D eigenvalue weighted by atomic mass is 35.5. The first-order valence-corrected chi connectivity index (χ1v) is 6.23. The Balaban J connectivity index is 2.22. The van der Waals surface area contributed by atoms with Crippen LogP contribution in [0.1, 0.15) is 11.1 Å². The maximum atomic E-state index is 13.5. The lowest BCUT2D eigenvalue weighted by molar-refractivity contribution is -0.137. The zero-order valence-corrected chi connectivity index (χ0v) is 11.3. The molecule has 0 spiro atoms. The number of anilines is 1. The Bertz CT molecular complexity index is 658.